The molecular formula is C16H25BrN2. The van der Waals surface area contributed by atoms with Crippen molar-refractivity contribution in [1.29, 1.82) is 0 Å². The summed E-state index contributed by atoms with van der Waals surface area (Å²) in [6, 6.07) is 6.74. The van der Waals surface area contributed by atoms with E-state index in [9.17, 15) is 0 Å². The molecule has 1 aromatic rings. The predicted octanol–water partition coefficient (Wildman–Crippen LogP) is 4.33. The molecule has 1 saturated carbocycles. The van der Waals surface area contributed by atoms with E-state index in [-0.39, 0.29) is 6.04 Å². The fourth-order valence-corrected chi connectivity index (χ4v) is 4.09. The summed E-state index contributed by atoms with van der Waals surface area (Å²) in [6.45, 7) is 6.90. The number of nitrogens with one attached hydrogen (secondary N) is 1. The standard InChI is InChI=1S/C16H25BrN2/c1-10-6-11(2)8-13(7-10)16(19-18)15-9-14(17)5-4-12(15)3/h4-5,9-11,13,16,19H,6-8,18H2,1-3H3. The van der Waals surface area contributed by atoms with E-state index < -0.39 is 0 Å². The molecule has 0 amide bonds. The fraction of sp³-hybridized carbons (Fsp3) is 0.625. The number of hydrazine groups is 1. The van der Waals surface area contributed by atoms with Gasteiger partial charge in [0.1, 0.15) is 0 Å². The van der Waals surface area contributed by atoms with Crippen molar-refractivity contribution in [2.75, 3.05) is 0 Å². The van der Waals surface area contributed by atoms with Crippen LogP contribution in [0.1, 0.15) is 50.3 Å². The Morgan fingerprint density at radius 1 is 1.21 bits per heavy atom. The minimum absolute atomic E-state index is 0.266. The molecule has 2 rings (SSSR count). The summed E-state index contributed by atoms with van der Waals surface area (Å²) in [4.78, 5) is 0. The number of benzene rings is 1. The van der Waals surface area contributed by atoms with Gasteiger partial charge in [0.25, 0.3) is 0 Å². The Bertz CT molecular complexity index is 423. The van der Waals surface area contributed by atoms with E-state index in [0.717, 1.165) is 16.3 Å². The van der Waals surface area contributed by atoms with E-state index in [1.54, 1.807) is 0 Å². The highest BCUT2D eigenvalue weighted by molar-refractivity contribution is 9.10. The lowest BCUT2D eigenvalue weighted by Crippen LogP contribution is -2.37. The Labute approximate surface area is 125 Å². The van der Waals surface area contributed by atoms with Gasteiger partial charge in [-0.3, -0.25) is 11.3 Å². The van der Waals surface area contributed by atoms with Crippen LogP contribution >= 0.6 is 15.9 Å². The molecule has 1 fully saturated rings. The van der Waals surface area contributed by atoms with E-state index in [0.29, 0.717) is 5.92 Å². The Morgan fingerprint density at radius 3 is 2.42 bits per heavy atom. The van der Waals surface area contributed by atoms with Crippen molar-refractivity contribution in [3.8, 4) is 0 Å². The molecule has 3 N–H and O–H groups in total. The summed E-state index contributed by atoms with van der Waals surface area (Å²) in [5.41, 5.74) is 5.73. The molecule has 0 heterocycles. The van der Waals surface area contributed by atoms with Crippen molar-refractivity contribution in [3.63, 3.8) is 0 Å². The van der Waals surface area contributed by atoms with Crippen LogP contribution in [-0.4, -0.2) is 0 Å². The third kappa shape index (κ3) is 3.59. The molecule has 106 valence electrons. The molecular weight excluding hydrogens is 300 g/mol. The highest BCUT2D eigenvalue weighted by Gasteiger charge is 2.31. The molecule has 1 aliphatic carbocycles. The number of rotatable bonds is 3. The molecule has 1 aliphatic rings. The van der Waals surface area contributed by atoms with Crippen LogP contribution in [0.3, 0.4) is 0 Å². The molecule has 0 radical (unpaired) electrons. The van der Waals surface area contributed by atoms with Gasteiger partial charge in [-0.1, -0.05) is 35.8 Å². The van der Waals surface area contributed by atoms with E-state index in [4.69, 9.17) is 5.84 Å². The molecule has 0 spiro atoms. The highest BCUT2D eigenvalue weighted by atomic mass is 79.9. The first kappa shape index (κ1) is 15.0. The average Bonchev–Trinajstić information content (AvgIpc) is 2.33. The predicted molar refractivity (Wildman–Crippen MR) is 84.6 cm³/mol. The summed E-state index contributed by atoms with van der Waals surface area (Å²) < 4.78 is 1.13. The number of hydrogen-bond donors (Lipinski definition) is 2. The second-order valence-corrected chi connectivity index (χ2v) is 7.24. The van der Waals surface area contributed by atoms with Crippen molar-refractivity contribution >= 4 is 15.9 Å². The van der Waals surface area contributed by atoms with Crippen molar-refractivity contribution in [2.45, 2.75) is 46.1 Å². The second-order valence-electron chi connectivity index (χ2n) is 6.32. The van der Waals surface area contributed by atoms with Gasteiger partial charge >= 0.3 is 0 Å². The first-order valence-corrected chi connectivity index (χ1v) is 8.02. The smallest absolute Gasteiger partial charge is 0.0491 e. The third-order valence-electron chi connectivity index (χ3n) is 4.44. The van der Waals surface area contributed by atoms with Crippen LogP contribution in [0.5, 0.6) is 0 Å². The third-order valence-corrected chi connectivity index (χ3v) is 4.94. The van der Waals surface area contributed by atoms with E-state index in [1.807, 2.05) is 0 Å². The largest absolute Gasteiger partial charge is 0.271 e. The van der Waals surface area contributed by atoms with Gasteiger partial charge in [-0.25, -0.2) is 0 Å². The van der Waals surface area contributed by atoms with Crippen molar-refractivity contribution in [1.82, 2.24) is 5.43 Å². The van der Waals surface area contributed by atoms with Crippen LogP contribution in [-0.2, 0) is 0 Å². The van der Waals surface area contributed by atoms with Crippen molar-refractivity contribution < 1.29 is 0 Å². The van der Waals surface area contributed by atoms with Gasteiger partial charge < -0.3 is 0 Å². The van der Waals surface area contributed by atoms with Gasteiger partial charge in [-0.05, 0) is 67.2 Å². The zero-order valence-electron chi connectivity index (χ0n) is 12.1. The quantitative estimate of drug-likeness (QED) is 0.641. The Hall–Kier alpha value is -0.380. The minimum Gasteiger partial charge on any atom is -0.271 e. The second kappa shape index (κ2) is 6.38. The number of nitrogens with two attached hydrogens (primary N) is 1. The van der Waals surface area contributed by atoms with Gasteiger partial charge in [0.2, 0.25) is 0 Å². The maximum absolute atomic E-state index is 5.88. The average molecular weight is 325 g/mol. The van der Waals surface area contributed by atoms with Gasteiger partial charge in [-0.2, -0.15) is 0 Å². The van der Waals surface area contributed by atoms with E-state index in [2.05, 4.69) is 60.3 Å². The number of halogens is 1. The molecule has 19 heavy (non-hydrogen) atoms. The van der Waals surface area contributed by atoms with Gasteiger partial charge in [0.05, 0.1) is 0 Å². The van der Waals surface area contributed by atoms with Crippen LogP contribution in [0.15, 0.2) is 22.7 Å². The SMILES string of the molecule is Cc1ccc(Br)cc1C(NN)C1CC(C)CC(C)C1. The normalized spacial score (nSPS) is 29.2. The summed E-state index contributed by atoms with van der Waals surface area (Å²) in [5.74, 6) is 8.12. The van der Waals surface area contributed by atoms with Gasteiger partial charge in [0.15, 0.2) is 0 Å². The maximum atomic E-state index is 5.88. The van der Waals surface area contributed by atoms with Gasteiger partial charge in [0, 0.05) is 10.5 Å². The lowest BCUT2D eigenvalue weighted by atomic mass is 9.72. The molecule has 0 bridgehead atoms. The zero-order chi connectivity index (χ0) is 14.0. The summed E-state index contributed by atoms with van der Waals surface area (Å²) in [6.07, 6.45) is 3.89. The monoisotopic (exact) mass is 324 g/mol. The number of hydrogen-bond acceptors (Lipinski definition) is 2. The fourth-order valence-electron chi connectivity index (χ4n) is 3.71. The first-order chi connectivity index (χ1) is 9.01. The van der Waals surface area contributed by atoms with Crippen molar-refractivity contribution in [2.24, 2.45) is 23.6 Å². The highest BCUT2D eigenvalue weighted by Crippen LogP contribution is 2.40. The van der Waals surface area contributed by atoms with Crippen LogP contribution in [0, 0.1) is 24.7 Å². The molecule has 1 aromatic carbocycles. The van der Waals surface area contributed by atoms with E-state index in [1.165, 1.54) is 30.4 Å². The molecule has 0 aliphatic heterocycles. The first-order valence-electron chi connectivity index (χ1n) is 7.23. The van der Waals surface area contributed by atoms with E-state index >= 15 is 0 Å². The lowest BCUT2D eigenvalue weighted by Gasteiger charge is -2.37. The molecule has 3 atom stereocenters. The topological polar surface area (TPSA) is 38.0 Å². The molecule has 0 saturated heterocycles. The Kier molecular flexibility index (Phi) is 5.04. The maximum Gasteiger partial charge on any atom is 0.0491 e. The lowest BCUT2D eigenvalue weighted by molar-refractivity contribution is 0.176. The zero-order valence-corrected chi connectivity index (χ0v) is 13.7. The molecule has 0 aromatic heterocycles. The van der Waals surface area contributed by atoms with Gasteiger partial charge in [-0.15, -0.1) is 0 Å². The molecule has 3 unspecified atom stereocenters. The van der Waals surface area contributed by atoms with Crippen molar-refractivity contribution in [3.05, 3.63) is 33.8 Å². The summed E-state index contributed by atoms with van der Waals surface area (Å²) in [5, 5.41) is 0. The van der Waals surface area contributed by atoms with Crippen LogP contribution in [0.25, 0.3) is 0 Å². The summed E-state index contributed by atoms with van der Waals surface area (Å²) >= 11 is 3.57. The molecule has 3 heteroatoms. The van der Waals surface area contributed by atoms with Crippen LogP contribution < -0.4 is 11.3 Å². The minimum atomic E-state index is 0.266. The summed E-state index contributed by atoms with van der Waals surface area (Å²) in [7, 11) is 0. The number of aryl methyl sites for hydroxylation is 1. The Balaban J connectivity index is 2.26. The Morgan fingerprint density at radius 2 is 1.84 bits per heavy atom. The van der Waals surface area contributed by atoms with Crippen LogP contribution in [0.2, 0.25) is 0 Å². The molecule has 2 nitrogen and oxygen atoms in total. The van der Waals surface area contributed by atoms with Crippen LogP contribution in [0.4, 0.5) is 0 Å².